The number of carbonyl (C=O) groups excluding carboxylic acids is 1. The molecule has 27 heavy (non-hydrogen) atoms. The summed E-state index contributed by atoms with van der Waals surface area (Å²) in [5.74, 6) is 0.0589. The highest BCUT2D eigenvalue weighted by molar-refractivity contribution is 5.95. The summed E-state index contributed by atoms with van der Waals surface area (Å²) in [6, 6.07) is 9.09. The van der Waals surface area contributed by atoms with Crippen LogP contribution in [0.3, 0.4) is 0 Å². The second-order valence-corrected chi connectivity index (χ2v) is 5.97. The Hall–Kier alpha value is -3.73. The number of carbonyl (C=O) groups is 1. The molecule has 138 valence electrons. The van der Waals surface area contributed by atoms with Crippen LogP contribution in [0.1, 0.15) is 27.3 Å². The second kappa shape index (κ2) is 7.25. The third-order valence-electron chi connectivity index (χ3n) is 4.17. The molecule has 2 heterocycles. The van der Waals surface area contributed by atoms with Crippen LogP contribution in [0.5, 0.6) is 5.75 Å². The molecule has 2 N–H and O–H groups in total. The zero-order chi connectivity index (χ0) is 19.6. The van der Waals surface area contributed by atoms with Crippen molar-refractivity contribution in [1.82, 2.24) is 14.3 Å². The van der Waals surface area contributed by atoms with E-state index in [0.717, 1.165) is 11.3 Å². The molecular formula is C19H19N5O3. The monoisotopic (exact) mass is 365 g/mol. The van der Waals surface area contributed by atoms with E-state index in [1.54, 1.807) is 28.9 Å². The van der Waals surface area contributed by atoms with Crippen molar-refractivity contribution >= 4 is 11.7 Å². The summed E-state index contributed by atoms with van der Waals surface area (Å²) in [6.45, 7) is 2.33. The minimum atomic E-state index is -0.610. The summed E-state index contributed by atoms with van der Waals surface area (Å²) in [5.41, 5.74) is 8.92. The summed E-state index contributed by atoms with van der Waals surface area (Å²) in [4.78, 5) is 12.1. The minimum Gasteiger partial charge on any atom is -0.489 e. The summed E-state index contributed by atoms with van der Waals surface area (Å²) in [7, 11) is 3.13. The van der Waals surface area contributed by atoms with E-state index in [2.05, 4.69) is 5.10 Å². The smallest absolute Gasteiger partial charge is 0.357 e. The molecule has 0 saturated heterocycles. The molecule has 0 spiro atoms. The number of hydrogen-bond acceptors (Lipinski definition) is 6. The summed E-state index contributed by atoms with van der Waals surface area (Å²) >= 11 is 0. The van der Waals surface area contributed by atoms with Gasteiger partial charge in [0.1, 0.15) is 18.4 Å². The number of aryl methyl sites for hydroxylation is 2. The van der Waals surface area contributed by atoms with Crippen molar-refractivity contribution in [1.29, 1.82) is 5.26 Å². The number of nitrogens with two attached hydrogens (primary N) is 1. The van der Waals surface area contributed by atoms with Crippen molar-refractivity contribution in [3.63, 3.8) is 0 Å². The van der Waals surface area contributed by atoms with E-state index in [1.165, 1.54) is 17.9 Å². The average Bonchev–Trinajstić information content (AvgIpc) is 3.17. The Balaban J connectivity index is 1.84. The molecule has 0 unspecified atom stereocenters. The van der Waals surface area contributed by atoms with Gasteiger partial charge in [-0.05, 0) is 31.2 Å². The van der Waals surface area contributed by atoms with E-state index in [-0.39, 0.29) is 16.9 Å². The molecule has 0 amide bonds. The lowest BCUT2D eigenvalue weighted by atomic mass is 10.2. The fourth-order valence-corrected chi connectivity index (χ4v) is 2.77. The number of aromatic nitrogens is 3. The first-order chi connectivity index (χ1) is 12.9. The number of hydrogen-bond donors (Lipinski definition) is 1. The number of nitrogen functional groups attached to an aromatic ring is 1. The number of ether oxygens (including phenoxy) is 2. The van der Waals surface area contributed by atoms with Crippen molar-refractivity contribution in [2.75, 3.05) is 12.8 Å². The molecule has 0 bridgehead atoms. The van der Waals surface area contributed by atoms with Gasteiger partial charge in [-0.2, -0.15) is 10.4 Å². The van der Waals surface area contributed by atoms with E-state index in [9.17, 15) is 10.1 Å². The second-order valence-electron chi connectivity index (χ2n) is 5.97. The van der Waals surface area contributed by atoms with Gasteiger partial charge in [0.25, 0.3) is 0 Å². The molecule has 0 atom stereocenters. The zero-order valence-electron chi connectivity index (χ0n) is 15.3. The molecule has 1 aromatic carbocycles. The molecular weight excluding hydrogens is 346 g/mol. The molecule has 0 aliphatic rings. The molecule has 2 aromatic heterocycles. The fourth-order valence-electron chi connectivity index (χ4n) is 2.77. The predicted octanol–water partition coefficient (Wildman–Crippen LogP) is 2.34. The first kappa shape index (κ1) is 18.1. The Morgan fingerprint density at radius 3 is 2.56 bits per heavy atom. The number of esters is 1. The molecule has 0 saturated carbocycles. The Morgan fingerprint density at radius 2 is 2.00 bits per heavy atom. The first-order valence-corrected chi connectivity index (χ1v) is 8.16. The van der Waals surface area contributed by atoms with Crippen LogP contribution < -0.4 is 10.5 Å². The van der Waals surface area contributed by atoms with Gasteiger partial charge in [0.2, 0.25) is 0 Å². The van der Waals surface area contributed by atoms with Gasteiger partial charge in [0.15, 0.2) is 5.69 Å². The van der Waals surface area contributed by atoms with Crippen molar-refractivity contribution in [3.8, 4) is 17.5 Å². The van der Waals surface area contributed by atoms with Gasteiger partial charge in [0.05, 0.1) is 24.1 Å². The molecule has 3 aromatic rings. The summed E-state index contributed by atoms with van der Waals surface area (Å²) in [6.07, 6.45) is 3.43. The number of anilines is 1. The largest absolute Gasteiger partial charge is 0.489 e. The average molecular weight is 365 g/mol. The summed E-state index contributed by atoms with van der Waals surface area (Å²) < 4.78 is 13.9. The highest BCUT2D eigenvalue weighted by atomic mass is 16.5. The molecule has 0 radical (unpaired) electrons. The third-order valence-corrected chi connectivity index (χ3v) is 4.17. The van der Waals surface area contributed by atoms with Crippen LogP contribution in [0.15, 0.2) is 36.7 Å². The van der Waals surface area contributed by atoms with Gasteiger partial charge < -0.3 is 19.8 Å². The van der Waals surface area contributed by atoms with Crippen LogP contribution in [-0.4, -0.2) is 27.4 Å². The van der Waals surface area contributed by atoms with Crippen LogP contribution in [-0.2, 0) is 18.4 Å². The van der Waals surface area contributed by atoms with E-state index in [4.69, 9.17) is 15.2 Å². The SMILES string of the molecule is COC(=O)c1c(N)c(C#N)cn1-c1ccc(OCc2cn(C)nc2C)cc1. The van der Waals surface area contributed by atoms with Gasteiger partial charge in [-0.1, -0.05) is 0 Å². The number of rotatable bonds is 5. The molecule has 8 nitrogen and oxygen atoms in total. The van der Waals surface area contributed by atoms with Gasteiger partial charge in [-0.15, -0.1) is 0 Å². The summed E-state index contributed by atoms with van der Waals surface area (Å²) in [5, 5.41) is 13.5. The molecule has 0 aliphatic carbocycles. The van der Waals surface area contributed by atoms with Crippen molar-refractivity contribution in [2.24, 2.45) is 7.05 Å². The lowest BCUT2D eigenvalue weighted by molar-refractivity contribution is 0.0593. The lowest BCUT2D eigenvalue weighted by Crippen LogP contribution is -2.11. The Kier molecular flexibility index (Phi) is 4.86. The van der Waals surface area contributed by atoms with Crippen LogP contribution in [0, 0.1) is 18.3 Å². The number of methoxy groups -OCH3 is 1. The Labute approximate surface area is 156 Å². The molecule has 0 fully saturated rings. The predicted molar refractivity (Wildman–Crippen MR) is 98.5 cm³/mol. The van der Waals surface area contributed by atoms with Gasteiger partial charge in [0, 0.05) is 30.7 Å². The Morgan fingerprint density at radius 1 is 1.30 bits per heavy atom. The van der Waals surface area contributed by atoms with Crippen LogP contribution >= 0.6 is 0 Å². The molecule has 8 heteroatoms. The maximum atomic E-state index is 12.1. The van der Waals surface area contributed by atoms with E-state index < -0.39 is 5.97 Å². The van der Waals surface area contributed by atoms with Gasteiger partial charge >= 0.3 is 5.97 Å². The maximum absolute atomic E-state index is 12.1. The Bertz CT molecular complexity index is 1030. The number of benzene rings is 1. The molecule has 3 rings (SSSR count). The number of nitriles is 1. The quantitative estimate of drug-likeness (QED) is 0.695. The van der Waals surface area contributed by atoms with Crippen LogP contribution in [0.4, 0.5) is 5.69 Å². The molecule has 0 aliphatic heterocycles. The van der Waals surface area contributed by atoms with Crippen LogP contribution in [0.25, 0.3) is 5.69 Å². The van der Waals surface area contributed by atoms with E-state index >= 15 is 0 Å². The van der Waals surface area contributed by atoms with Crippen molar-refractivity contribution in [2.45, 2.75) is 13.5 Å². The highest BCUT2D eigenvalue weighted by Crippen LogP contribution is 2.26. The lowest BCUT2D eigenvalue weighted by Gasteiger charge is -2.10. The van der Waals surface area contributed by atoms with E-state index in [1.807, 2.05) is 26.2 Å². The maximum Gasteiger partial charge on any atom is 0.357 e. The standard InChI is InChI=1S/C19H19N5O3/c1-12-14(9-23(2)22-12)11-27-16-6-4-15(5-7-16)24-10-13(8-20)17(21)18(24)19(25)26-3/h4-7,9-10H,11,21H2,1-3H3. The normalized spacial score (nSPS) is 10.4. The minimum absolute atomic E-state index is 0.0942. The van der Waals surface area contributed by atoms with Crippen molar-refractivity contribution < 1.29 is 14.3 Å². The topological polar surface area (TPSA) is 108 Å². The van der Waals surface area contributed by atoms with E-state index in [0.29, 0.717) is 18.0 Å². The van der Waals surface area contributed by atoms with Crippen LogP contribution in [0.2, 0.25) is 0 Å². The van der Waals surface area contributed by atoms with Gasteiger partial charge in [-0.25, -0.2) is 4.79 Å². The fraction of sp³-hybridized carbons (Fsp3) is 0.211. The first-order valence-electron chi connectivity index (χ1n) is 8.16. The van der Waals surface area contributed by atoms with Gasteiger partial charge in [-0.3, -0.25) is 4.68 Å². The van der Waals surface area contributed by atoms with Crippen molar-refractivity contribution in [3.05, 3.63) is 59.2 Å². The third kappa shape index (κ3) is 3.48. The number of nitrogens with zero attached hydrogens (tertiary/aromatic N) is 4. The highest BCUT2D eigenvalue weighted by Gasteiger charge is 2.21. The zero-order valence-corrected chi connectivity index (χ0v) is 15.3.